The first-order valence-electron chi connectivity index (χ1n) is 6.20. The van der Waals surface area contributed by atoms with E-state index in [1.807, 2.05) is 0 Å². The number of halogens is 5. The summed E-state index contributed by atoms with van der Waals surface area (Å²) in [6, 6.07) is 3.59. The molecule has 0 saturated carbocycles. The van der Waals surface area contributed by atoms with Gasteiger partial charge in [-0.2, -0.15) is 13.2 Å². The van der Waals surface area contributed by atoms with E-state index in [1.165, 1.54) is 17.0 Å². The number of amides is 1. The van der Waals surface area contributed by atoms with Gasteiger partial charge in [-0.05, 0) is 53.6 Å². The lowest BCUT2D eigenvalue weighted by Crippen LogP contribution is -2.46. The summed E-state index contributed by atoms with van der Waals surface area (Å²) in [7, 11) is 0. The number of benzene rings is 1. The number of carbonyl (C=O) groups is 1. The molecule has 2 rings (SSSR count). The molecule has 0 bridgehead atoms. The molecule has 1 aromatic carbocycles. The summed E-state index contributed by atoms with van der Waals surface area (Å²) >= 11 is 1.80. The average Bonchev–Trinajstić information content (AvgIpc) is 2.37. The van der Waals surface area contributed by atoms with E-state index in [-0.39, 0.29) is 24.0 Å². The van der Waals surface area contributed by atoms with Crippen LogP contribution >= 0.6 is 35.0 Å². The third kappa shape index (κ3) is 4.46. The van der Waals surface area contributed by atoms with Crippen LogP contribution in [-0.2, 0) is 6.18 Å². The van der Waals surface area contributed by atoms with Crippen molar-refractivity contribution in [3.05, 3.63) is 32.9 Å². The van der Waals surface area contributed by atoms with Crippen molar-refractivity contribution >= 4 is 40.9 Å². The van der Waals surface area contributed by atoms with E-state index in [0.717, 1.165) is 18.9 Å². The Morgan fingerprint density at radius 1 is 1.38 bits per heavy atom. The van der Waals surface area contributed by atoms with Crippen molar-refractivity contribution in [2.45, 2.75) is 25.1 Å². The number of hydrogen-bond donors (Lipinski definition) is 1. The van der Waals surface area contributed by atoms with E-state index in [0.29, 0.717) is 16.7 Å². The first kappa shape index (κ1) is 18.5. The van der Waals surface area contributed by atoms with Gasteiger partial charge in [0.2, 0.25) is 0 Å². The maximum Gasteiger partial charge on any atom is 0.417 e. The molecule has 21 heavy (non-hydrogen) atoms. The van der Waals surface area contributed by atoms with Gasteiger partial charge in [0.05, 0.1) is 11.1 Å². The largest absolute Gasteiger partial charge is 0.417 e. The second-order valence-corrected chi connectivity index (χ2v) is 6.09. The zero-order valence-corrected chi connectivity index (χ0v) is 14.0. The second kappa shape index (κ2) is 7.15. The van der Waals surface area contributed by atoms with Crippen molar-refractivity contribution in [2.75, 3.05) is 13.1 Å². The Balaban J connectivity index is 0.00000220. The lowest BCUT2D eigenvalue weighted by molar-refractivity contribution is -0.138. The Hall–Kier alpha value is -0.540. The summed E-state index contributed by atoms with van der Waals surface area (Å²) in [6.45, 7) is 0.762. The summed E-state index contributed by atoms with van der Waals surface area (Å²) in [5, 5.41) is 0. The first-order valence-corrected chi connectivity index (χ1v) is 7.28. The van der Waals surface area contributed by atoms with Gasteiger partial charge in [-0.15, -0.1) is 12.4 Å². The average molecular weight is 435 g/mol. The predicted octanol–water partition coefficient (Wildman–Crippen LogP) is 3.30. The van der Waals surface area contributed by atoms with Crippen LogP contribution < -0.4 is 5.73 Å². The van der Waals surface area contributed by atoms with E-state index in [2.05, 4.69) is 0 Å². The molecule has 0 radical (unpaired) electrons. The standard InChI is InChI=1S/C13H14F3IN2O.ClH/c14-13(15,16)11-6-8(17)3-4-10(11)12(20)19-5-1-2-9(18)7-19;/h3-4,6,9H,1-2,5,7,18H2;1H. The molecule has 1 heterocycles. The molecule has 0 spiro atoms. The number of nitrogens with two attached hydrogens (primary N) is 1. The molecule has 0 aliphatic carbocycles. The number of likely N-dealkylation sites (tertiary alicyclic amines) is 1. The van der Waals surface area contributed by atoms with Gasteiger partial charge in [0.15, 0.2) is 0 Å². The fraction of sp³-hybridized carbons (Fsp3) is 0.462. The zero-order chi connectivity index (χ0) is 14.9. The smallest absolute Gasteiger partial charge is 0.337 e. The molecule has 3 nitrogen and oxygen atoms in total. The monoisotopic (exact) mass is 434 g/mol. The summed E-state index contributed by atoms with van der Waals surface area (Å²) in [5.41, 5.74) is 4.59. The van der Waals surface area contributed by atoms with E-state index in [1.54, 1.807) is 22.6 Å². The molecule has 1 unspecified atom stereocenters. The van der Waals surface area contributed by atoms with Crippen LogP contribution in [0.25, 0.3) is 0 Å². The van der Waals surface area contributed by atoms with Gasteiger partial charge in [-0.1, -0.05) is 0 Å². The number of alkyl halides is 3. The normalized spacial score (nSPS) is 19.1. The Morgan fingerprint density at radius 2 is 2.05 bits per heavy atom. The molecule has 1 fully saturated rings. The van der Waals surface area contributed by atoms with Crippen molar-refractivity contribution in [3.63, 3.8) is 0 Å². The van der Waals surface area contributed by atoms with Gasteiger partial charge >= 0.3 is 6.18 Å². The molecule has 1 atom stereocenters. The lowest BCUT2D eigenvalue weighted by Gasteiger charge is -2.31. The molecule has 1 saturated heterocycles. The van der Waals surface area contributed by atoms with Crippen molar-refractivity contribution in [2.24, 2.45) is 5.73 Å². The van der Waals surface area contributed by atoms with Crippen LogP contribution in [0, 0.1) is 3.57 Å². The van der Waals surface area contributed by atoms with Crippen LogP contribution in [-0.4, -0.2) is 29.9 Å². The summed E-state index contributed by atoms with van der Waals surface area (Å²) in [6.07, 6.45) is -3.02. The van der Waals surface area contributed by atoms with Crippen molar-refractivity contribution in [3.8, 4) is 0 Å². The van der Waals surface area contributed by atoms with Crippen LogP contribution in [0.4, 0.5) is 13.2 Å². The maximum absolute atomic E-state index is 13.0. The summed E-state index contributed by atoms with van der Waals surface area (Å²) in [5.74, 6) is -0.594. The molecule has 118 valence electrons. The topological polar surface area (TPSA) is 46.3 Å². The van der Waals surface area contributed by atoms with Crippen molar-refractivity contribution in [1.29, 1.82) is 0 Å². The molecular formula is C13H15ClF3IN2O. The lowest BCUT2D eigenvalue weighted by atomic mass is 10.0. The fourth-order valence-electron chi connectivity index (χ4n) is 2.30. The zero-order valence-electron chi connectivity index (χ0n) is 11.0. The second-order valence-electron chi connectivity index (χ2n) is 4.84. The minimum Gasteiger partial charge on any atom is -0.337 e. The van der Waals surface area contributed by atoms with Gasteiger partial charge in [-0.25, -0.2) is 0 Å². The van der Waals surface area contributed by atoms with E-state index in [9.17, 15) is 18.0 Å². The third-order valence-corrected chi connectivity index (χ3v) is 3.93. The van der Waals surface area contributed by atoms with Crippen LogP contribution in [0.15, 0.2) is 18.2 Å². The minimum atomic E-state index is -4.54. The van der Waals surface area contributed by atoms with Crippen LogP contribution in [0.1, 0.15) is 28.8 Å². The van der Waals surface area contributed by atoms with Gasteiger partial charge in [-0.3, -0.25) is 4.79 Å². The molecule has 1 aliphatic heterocycles. The number of nitrogens with zero attached hydrogens (tertiary/aromatic N) is 1. The number of piperidine rings is 1. The van der Waals surface area contributed by atoms with Gasteiger partial charge in [0, 0.05) is 22.7 Å². The molecule has 1 aliphatic rings. The van der Waals surface area contributed by atoms with Crippen molar-refractivity contribution in [1.82, 2.24) is 4.90 Å². The van der Waals surface area contributed by atoms with Crippen LogP contribution in [0.3, 0.4) is 0 Å². The van der Waals surface area contributed by atoms with Crippen LogP contribution in [0.5, 0.6) is 0 Å². The first-order chi connectivity index (χ1) is 9.29. The molecule has 0 aromatic heterocycles. The Bertz CT molecular complexity index is 525. The molecule has 1 amide bonds. The highest BCUT2D eigenvalue weighted by Crippen LogP contribution is 2.33. The Morgan fingerprint density at radius 3 is 2.62 bits per heavy atom. The van der Waals surface area contributed by atoms with Crippen molar-refractivity contribution < 1.29 is 18.0 Å². The Kier molecular flexibility index (Phi) is 6.30. The predicted molar refractivity (Wildman–Crippen MR) is 84.5 cm³/mol. The molecular weight excluding hydrogens is 420 g/mol. The Labute approximate surface area is 140 Å². The summed E-state index contributed by atoms with van der Waals surface area (Å²) < 4.78 is 39.5. The SMILES string of the molecule is Cl.NC1CCCN(C(=O)c2ccc(I)cc2C(F)(F)F)C1. The summed E-state index contributed by atoms with van der Waals surface area (Å²) in [4.78, 5) is 13.7. The van der Waals surface area contributed by atoms with E-state index in [4.69, 9.17) is 5.73 Å². The third-order valence-electron chi connectivity index (χ3n) is 3.26. The van der Waals surface area contributed by atoms with Gasteiger partial charge in [0.1, 0.15) is 0 Å². The molecule has 1 aromatic rings. The molecule has 8 heteroatoms. The van der Waals surface area contributed by atoms with Gasteiger partial charge < -0.3 is 10.6 Å². The van der Waals surface area contributed by atoms with Crippen LogP contribution in [0.2, 0.25) is 0 Å². The maximum atomic E-state index is 13.0. The fourth-order valence-corrected chi connectivity index (χ4v) is 2.79. The number of carbonyl (C=O) groups excluding carboxylic acids is 1. The number of rotatable bonds is 1. The van der Waals surface area contributed by atoms with E-state index < -0.39 is 17.6 Å². The highest BCUT2D eigenvalue weighted by atomic mass is 127. The van der Waals surface area contributed by atoms with Gasteiger partial charge in [0.25, 0.3) is 5.91 Å². The van der Waals surface area contributed by atoms with E-state index >= 15 is 0 Å². The molecule has 2 N–H and O–H groups in total. The highest BCUT2D eigenvalue weighted by molar-refractivity contribution is 14.1. The number of hydrogen-bond acceptors (Lipinski definition) is 2. The quantitative estimate of drug-likeness (QED) is 0.690. The highest BCUT2D eigenvalue weighted by Gasteiger charge is 2.36. The minimum absolute atomic E-state index is 0.